The van der Waals surface area contributed by atoms with E-state index in [-0.39, 0.29) is 0 Å². The molecule has 1 aromatic carbocycles. The molecule has 0 saturated carbocycles. The van der Waals surface area contributed by atoms with Crippen molar-refractivity contribution < 1.29 is 5.11 Å². The lowest BCUT2D eigenvalue weighted by atomic mass is 10.1. The van der Waals surface area contributed by atoms with Crippen LogP contribution in [0.15, 0.2) is 30.5 Å². The monoisotopic (exact) mass is 248 g/mol. The Labute approximate surface area is 105 Å². The molecule has 1 unspecified atom stereocenters. The van der Waals surface area contributed by atoms with Gasteiger partial charge in [0.05, 0.1) is 5.01 Å². The molecule has 4 heteroatoms. The Bertz CT molecular complexity index is 496. The van der Waals surface area contributed by atoms with Crippen LogP contribution in [0.1, 0.15) is 28.4 Å². The van der Waals surface area contributed by atoms with Crippen LogP contribution in [0.25, 0.3) is 0 Å². The number of rotatable bonds is 4. The van der Waals surface area contributed by atoms with E-state index in [1.807, 2.05) is 25.4 Å². The van der Waals surface area contributed by atoms with Gasteiger partial charge in [0, 0.05) is 23.5 Å². The molecule has 90 valence electrons. The summed E-state index contributed by atoms with van der Waals surface area (Å²) in [6.07, 6.45) is 2.69. The predicted molar refractivity (Wildman–Crippen MR) is 70.5 cm³/mol. The van der Waals surface area contributed by atoms with Gasteiger partial charge in [-0.05, 0) is 31.7 Å². The second kappa shape index (κ2) is 5.29. The number of phenolic OH excluding ortho intramolecular Hbond substituents is 1. The molecule has 2 aromatic rings. The summed E-state index contributed by atoms with van der Waals surface area (Å²) in [7, 11) is 1.94. The average molecular weight is 248 g/mol. The molecule has 0 aliphatic carbocycles. The van der Waals surface area contributed by atoms with Crippen molar-refractivity contribution in [2.45, 2.75) is 19.4 Å². The fraction of sp³-hybridized carbons (Fsp3) is 0.308. The van der Waals surface area contributed by atoms with Crippen molar-refractivity contribution in [3.05, 3.63) is 45.9 Å². The van der Waals surface area contributed by atoms with Crippen molar-refractivity contribution in [1.82, 2.24) is 10.3 Å². The molecule has 0 aliphatic rings. The Balaban J connectivity index is 2.11. The quantitative estimate of drug-likeness (QED) is 0.874. The van der Waals surface area contributed by atoms with Crippen LogP contribution in [0.3, 0.4) is 0 Å². The molecule has 1 aromatic heterocycles. The molecule has 17 heavy (non-hydrogen) atoms. The third-order valence-electron chi connectivity index (χ3n) is 2.70. The third-order valence-corrected chi connectivity index (χ3v) is 3.88. The number of hydrogen-bond acceptors (Lipinski definition) is 4. The zero-order valence-corrected chi connectivity index (χ0v) is 10.8. The molecule has 3 nitrogen and oxygen atoms in total. The van der Waals surface area contributed by atoms with Gasteiger partial charge in [-0.1, -0.05) is 12.1 Å². The molecule has 0 bridgehead atoms. The van der Waals surface area contributed by atoms with E-state index in [4.69, 9.17) is 0 Å². The van der Waals surface area contributed by atoms with Gasteiger partial charge in [0.2, 0.25) is 0 Å². The third kappa shape index (κ3) is 3.05. The first-order valence-electron chi connectivity index (χ1n) is 5.59. The van der Waals surface area contributed by atoms with Gasteiger partial charge in [-0.25, -0.2) is 4.98 Å². The maximum Gasteiger partial charge on any atom is 0.115 e. The average Bonchev–Trinajstić information content (AvgIpc) is 2.76. The van der Waals surface area contributed by atoms with Crippen molar-refractivity contribution in [3.8, 4) is 5.75 Å². The minimum Gasteiger partial charge on any atom is -0.508 e. The number of nitrogens with zero attached hydrogens (tertiary/aromatic N) is 1. The molecular weight excluding hydrogens is 232 g/mol. The van der Waals surface area contributed by atoms with E-state index in [9.17, 15) is 5.11 Å². The molecule has 0 spiro atoms. The molecule has 1 heterocycles. The van der Waals surface area contributed by atoms with Crippen LogP contribution >= 0.6 is 11.3 Å². The van der Waals surface area contributed by atoms with Crippen LogP contribution in [0, 0.1) is 0 Å². The van der Waals surface area contributed by atoms with Crippen LogP contribution in [-0.2, 0) is 6.42 Å². The maximum absolute atomic E-state index is 9.40. The van der Waals surface area contributed by atoms with Crippen LogP contribution in [0.4, 0.5) is 0 Å². The number of aromatic hydroxyl groups is 1. The summed E-state index contributed by atoms with van der Waals surface area (Å²) in [5.74, 6) is 0.308. The second-order valence-electron chi connectivity index (χ2n) is 4.01. The van der Waals surface area contributed by atoms with E-state index in [1.165, 1.54) is 4.88 Å². The van der Waals surface area contributed by atoms with Crippen LogP contribution in [0.2, 0.25) is 0 Å². The predicted octanol–water partition coefficient (Wildman–Crippen LogP) is 2.72. The zero-order chi connectivity index (χ0) is 12.3. The summed E-state index contributed by atoms with van der Waals surface area (Å²) < 4.78 is 0. The second-order valence-corrected chi connectivity index (χ2v) is 5.16. The molecule has 0 fully saturated rings. The van der Waals surface area contributed by atoms with Crippen LogP contribution < -0.4 is 5.32 Å². The van der Waals surface area contributed by atoms with Crippen molar-refractivity contribution in [3.63, 3.8) is 0 Å². The lowest BCUT2D eigenvalue weighted by molar-refractivity contribution is 0.474. The van der Waals surface area contributed by atoms with E-state index in [1.54, 1.807) is 23.5 Å². The molecule has 1 atom stereocenters. The van der Waals surface area contributed by atoms with Crippen molar-refractivity contribution in [2.24, 2.45) is 0 Å². The normalized spacial score (nSPS) is 12.6. The Morgan fingerprint density at radius 1 is 1.47 bits per heavy atom. The summed E-state index contributed by atoms with van der Waals surface area (Å²) in [4.78, 5) is 5.65. The molecule has 2 rings (SSSR count). The largest absolute Gasteiger partial charge is 0.508 e. The highest BCUT2D eigenvalue weighted by atomic mass is 32.1. The summed E-state index contributed by atoms with van der Waals surface area (Å²) in [6, 6.07) is 7.66. The minimum absolute atomic E-state index is 0.308. The van der Waals surface area contributed by atoms with E-state index in [0.29, 0.717) is 11.8 Å². The summed E-state index contributed by atoms with van der Waals surface area (Å²) in [6.45, 7) is 2.12. The number of nitrogens with one attached hydrogen (secondary N) is 1. The smallest absolute Gasteiger partial charge is 0.115 e. The molecule has 0 saturated heterocycles. The summed E-state index contributed by atoms with van der Waals surface area (Å²) in [5, 5.41) is 13.7. The zero-order valence-electron chi connectivity index (χ0n) is 9.97. The van der Waals surface area contributed by atoms with Crippen molar-refractivity contribution in [2.75, 3.05) is 7.05 Å². The van der Waals surface area contributed by atoms with Gasteiger partial charge in [0.25, 0.3) is 0 Å². The summed E-state index contributed by atoms with van der Waals surface area (Å²) >= 11 is 1.71. The van der Waals surface area contributed by atoms with Gasteiger partial charge in [-0.15, -0.1) is 11.3 Å². The van der Waals surface area contributed by atoms with E-state index >= 15 is 0 Å². The van der Waals surface area contributed by atoms with Gasteiger partial charge < -0.3 is 10.4 Å². The highest BCUT2D eigenvalue weighted by molar-refractivity contribution is 7.11. The molecule has 2 N–H and O–H groups in total. The van der Waals surface area contributed by atoms with Crippen LogP contribution in [-0.4, -0.2) is 17.1 Å². The minimum atomic E-state index is 0.308. The Morgan fingerprint density at radius 3 is 3.00 bits per heavy atom. The SMILES string of the molecule is CNC(C)c1cnc(Cc2cccc(O)c2)s1. The van der Waals surface area contributed by atoms with E-state index in [2.05, 4.69) is 17.2 Å². The standard InChI is InChI=1S/C13H16N2OS/c1-9(14-2)12-8-15-13(17-12)7-10-4-3-5-11(16)6-10/h3-6,8-9,14,16H,7H2,1-2H3. The van der Waals surface area contributed by atoms with E-state index < -0.39 is 0 Å². The topological polar surface area (TPSA) is 45.2 Å². The molecule has 0 amide bonds. The number of hydrogen-bond donors (Lipinski definition) is 2. The molecule has 0 aliphatic heterocycles. The first-order chi connectivity index (χ1) is 8.19. The highest BCUT2D eigenvalue weighted by Crippen LogP contribution is 2.23. The van der Waals surface area contributed by atoms with Gasteiger partial charge in [-0.2, -0.15) is 0 Å². The summed E-state index contributed by atoms with van der Waals surface area (Å²) in [5.41, 5.74) is 1.09. The number of phenols is 1. The highest BCUT2D eigenvalue weighted by Gasteiger charge is 2.08. The number of benzene rings is 1. The fourth-order valence-corrected chi connectivity index (χ4v) is 2.61. The number of aromatic nitrogens is 1. The first-order valence-corrected chi connectivity index (χ1v) is 6.40. The first kappa shape index (κ1) is 12.1. The Morgan fingerprint density at radius 2 is 2.29 bits per heavy atom. The van der Waals surface area contributed by atoms with Gasteiger partial charge in [0.1, 0.15) is 5.75 Å². The molecular formula is C13H16N2OS. The van der Waals surface area contributed by atoms with E-state index in [0.717, 1.165) is 17.0 Å². The van der Waals surface area contributed by atoms with Crippen molar-refractivity contribution >= 4 is 11.3 Å². The van der Waals surface area contributed by atoms with Crippen LogP contribution in [0.5, 0.6) is 5.75 Å². The van der Waals surface area contributed by atoms with Crippen molar-refractivity contribution in [1.29, 1.82) is 0 Å². The van der Waals surface area contributed by atoms with Gasteiger partial charge >= 0.3 is 0 Å². The van der Waals surface area contributed by atoms with Gasteiger partial charge in [-0.3, -0.25) is 0 Å². The Kier molecular flexibility index (Phi) is 3.76. The number of thiazole rings is 1. The lowest BCUT2D eigenvalue weighted by Crippen LogP contribution is -2.10. The maximum atomic E-state index is 9.40. The molecule has 0 radical (unpaired) electrons. The fourth-order valence-electron chi connectivity index (χ4n) is 1.59. The van der Waals surface area contributed by atoms with Gasteiger partial charge in [0.15, 0.2) is 0 Å². The lowest BCUT2D eigenvalue weighted by Gasteiger charge is -2.04. The Hall–Kier alpha value is -1.39.